The van der Waals surface area contributed by atoms with Crippen molar-refractivity contribution in [2.75, 3.05) is 18.1 Å². The van der Waals surface area contributed by atoms with E-state index >= 15 is 0 Å². The summed E-state index contributed by atoms with van der Waals surface area (Å²) in [6.45, 7) is 4.74. The van der Waals surface area contributed by atoms with Crippen molar-refractivity contribution in [3.05, 3.63) is 59.1 Å². The summed E-state index contributed by atoms with van der Waals surface area (Å²) in [6.07, 6.45) is 0.223. The van der Waals surface area contributed by atoms with E-state index in [0.29, 0.717) is 24.7 Å². The fourth-order valence-corrected chi connectivity index (χ4v) is 2.59. The Hall–Kier alpha value is -2.53. The standard InChI is InChI=1S/C20H23ClN2O3/c1-3-26-19-10-8-18(9-11-19)23(15(2)24)13-12-20(25)22-14-16-4-6-17(21)7-5-16/h4-11H,3,12-14H2,1-2H3,(H,22,25). The molecular formula is C20H23ClN2O3. The summed E-state index contributed by atoms with van der Waals surface area (Å²) in [6, 6.07) is 14.6. The van der Waals surface area contributed by atoms with E-state index in [0.717, 1.165) is 17.0 Å². The van der Waals surface area contributed by atoms with Gasteiger partial charge in [0.05, 0.1) is 6.61 Å². The third-order valence-electron chi connectivity index (χ3n) is 3.80. The van der Waals surface area contributed by atoms with E-state index in [1.165, 1.54) is 6.92 Å². The molecule has 0 unspecified atom stereocenters. The lowest BCUT2D eigenvalue weighted by molar-refractivity contribution is -0.121. The van der Waals surface area contributed by atoms with Gasteiger partial charge in [-0.25, -0.2) is 0 Å². The Balaban J connectivity index is 1.88. The summed E-state index contributed by atoms with van der Waals surface area (Å²) >= 11 is 5.84. The Morgan fingerprint density at radius 3 is 2.31 bits per heavy atom. The number of nitrogens with one attached hydrogen (secondary N) is 1. The van der Waals surface area contributed by atoms with Gasteiger partial charge in [-0.2, -0.15) is 0 Å². The molecule has 0 spiro atoms. The summed E-state index contributed by atoms with van der Waals surface area (Å²) in [5, 5.41) is 3.51. The van der Waals surface area contributed by atoms with Gasteiger partial charge in [0.15, 0.2) is 0 Å². The summed E-state index contributed by atoms with van der Waals surface area (Å²) in [5.74, 6) is 0.525. The maximum Gasteiger partial charge on any atom is 0.223 e. The highest BCUT2D eigenvalue weighted by Crippen LogP contribution is 2.20. The molecule has 2 rings (SSSR count). The van der Waals surface area contributed by atoms with Gasteiger partial charge in [-0.3, -0.25) is 9.59 Å². The first kappa shape index (κ1) is 19.8. The Morgan fingerprint density at radius 2 is 1.73 bits per heavy atom. The number of ether oxygens (including phenoxy) is 1. The van der Waals surface area contributed by atoms with E-state index in [-0.39, 0.29) is 18.2 Å². The predicted molar refractivity (Wildman–Crippen MR) is 104 cm³/mol. The average Bonchev–Trinajstić information content (AvgIpc) is 2.63. The van der Waals surface area contributed by atoms with Crippen LogP contribution >= 0.6 is 11.6 Å². The lowest BCUT2D eigenvalue weighted by Crippen LogP contribution is -2.33. The van der Waals surface area contributed by atoms with E-state index in [4.69, 9.17) is 16.3 Å². The molecule has 0 radical (unpaired) electrons. The van der Waals surface area contributed by atoms with E-state index in [1.807, 2.05) is 43.3 Å². The zero-order chi connectivity index (χ0) is 18.9. The smallest absolute Gasteiger partial charge is 0.223 e. The van der Waals surface area contributed by atoms with Crippen LogP contribution in [0.1, 0.15) is 25.8 Å². The van der Waals surface area contributed by atoms with Crippen molar-refractivity contribution in [3.63, 3.8) is 0 Å². The van der Waals surface area contributed by atoms with E-state index < -0.39 is 0 Å². The quantitative estimate of drug-likeness (QED) is 0.764. The fraction of sp³-hybridized carbons (Fsp3) is 0.300. The number of hydrogen-bond donors (Lipinski definition) is 1. The predicted octanol–water partition coefficient (Wildman–Crippen LogP) is 3.80. The minimum atomic E-state index is -0.114. The van der Waals surface area contributed by atoms with Gasteiger partial charge in [-0.15, -0.1) is 0 Å². The summed E-state index contributed by atoms with van der Waals surface area (Å²) < 4.78 is 5.40. The van der Waals surface area contributed by atoms with Crippen molar-refractivity contribution >= 4 is 29.1 Å². The van der Waals surface area contributed by atoms with Crippen molar-refractivity contribution in [2.45, 2.75) is 26.8 Å². The van der Waals surface area contributed by atoms with Crippen LogP contribution in [0.3, 0.4) is 0 Å². The first-order valence-electron chi connectivity index (χ1n) is 8.51. The van der Waals surface area contributed by atoms with E-state index in [2.05, 4.69) is 5.32 Å². The molecule has 1 N–H and O–H groups in total. The van der Waals surface area contributed by atoms with Crippen LogP contribution in [-0.4, -0.2) is 25.0 Å². The number of anilines is 1. The number of nitrogens with zero attached hydrogens (tertiary/aromatic N) is 1. The first-order chi connectivity index (χ1) is 12.5. The number of amides is 2. The largest absolute Gasteiger partial charge is 0.494 e. The molecule has 0 bridgehead atoms. The molecule has 0 atom stereocenters. The van der Waals surface area contributed by atoms with Crippen LogP contribution in [0.15, 0.2) is 48.5 Å². The summed E-state index contributed by atoms with van der Waals surface area (Å²) in [5.41, 5.74) is 1.71. The Morgan fingerprint density at radius 1 is 1.08 bits per heavy atom. The molecule has 138 valence electrons. The number of rotatable bonds is 8. The second-order valence-electron chi connectivity index (χ2n) is 5.75. The van der Waals surface area contributed by atoms with E-state index in [1.54, 1.807) is 17.0 Å². The van der Waals surface area contributed by atoms with Gasteiger partial charge in [0.25, 0.3) is 0 Å². The van der Waals surface area contributed by atoms with Crippen molar-refractivity contribution in [1.29, 1.82) is 0 Å². The van der Waals surface area contributed by atoms with Gasteiger partial charge in [0.1, 0.15) is 5.75 Å². The molecule has 0 aromatic heterocycles. The lowest BCUT2D eigenvalue weighted by atomic mass is 10.2. The topological polar surface area (TPSA) is 58.6 Å². The van der Waals surface area contributed by atoms with Gasteiger partial charge in [0, 0.05) is 37.1 Å². The molecule has 0 saturated heterocycles. The fourth-order valence-electron chi connectivity index (χ4n) is 2.46. The third kappa shape index (κ3) is 6.08. The van der Waals surface area contributed by atoms with Crippen LogP contribution in [-0.2, 0) is 16.1 Å². The van der Waals surface area contributed by atoms with Crippen LogP contribution < -0.4 is 15.0 Å². The van der Waals surface area contributed by atoms with Crippen molar-refractivity contribution in [1.82, 2.24) is 5.32 Å². The van der Waals surface area contributed by atoms with Gasteiger partial charge in [-0.05, 0) is 48.9 Å². The van der Waals surface area contributed by atoms with Crippen LogP contribution in [0.4, 0.5) is 5.69 Å². The first-order valence-corrected chi connectivity index (χ1v) is 8.89. The van der Waals surface area contributed by atoms with Crippen LogP contribution in [0.5, 0.6) is 5.75 Å². The lowest BCUT2D eigenvalue weighted by Gasteiger charge is -2.21. The molecule has 0 aliphatic carbocycles. The van der Waals surface area contributed by atoms with Crippen molar-refractivity contribution in [3.8, 4) is 5.75 Å². The monoisotopic (exact) mass is 374 g/mol. The molecule has 5 nitrogen and oxygen atoms in total. The highest BCUT2D eigenvalue weighted by molar-refractivity contribution is 6.30. The zero-order valence-corrected chi connectivity index (χ0v) is 15.8. The maximum atomic E-state index is 12.1. The molecule has 0 fully saturated rings. The van der Waals surface area contributed by atoms with Gasteiger partial charge in [-0.1, -0.05) is 23.7 Å². The van der Waals surface area contributed by atoms with Crippen LogP contribution in [0, 0.1) is 0 Å². The van der Waals surface area contributed by atoms with Gasteiger partial charge in [0.2, 0.25) is 11.8 Å². The number of halogens is 1. The van der Waals surface area contributed by atoms with Crippen molar-refractivity contribution in [2.24, 2.45) is 0 Å². The molecule has 0 aliphatic rings. The molecule has 6 heteroatoms. The molecule has 0 aliphatic heterocycles. The highest BCUT2D eigenvalue weighted by atomic mass is 35.5. The number of hydrogen-bond acceptors (Lipinski definition) is 3. The molecule has 2 amide bonds. The second kappa shape index (κ2) is 9.82. The Kier molecular flexibility index (Phi) is 7.48. The minimum absolute atomic E-state index is 0.111. The van der Waals surface area contributed by atoms with Gasteiger partial charge < -0.3 is 15.0 Å². The Bertz CT molecular complexity index is 730. The molecule has 2 aromatic rings. The Labute approximate surface area is 158 Å². The summed E-state index contributed by atoms with van der Waals surface area (Å²) in [7, 11) is 0. The molecule has 26 heavy (non-hydrogen) atoms. The number of carbonyl (C=O) groups excluding carboxylic acids is 2. The minimum Gasteiger partial charge on any atom is -0.494 e. The molecule has 0 heterocycles. The second-order valence-corrected chi connectivity index (χ2v) is 6.19. The maximum absolute atomic E-state index is 12.1. The van der Waals surface area contributed by atoms with Crippen molar-refractivity contribution < 1.29 is 14.3 Å². The molecular weight excluding hydrogens is 352 g/mol. The average molecular weight is 375 g/mol. The highest BCUT2D eigenvalue weighted by Gasteiger charge is 2.13. The van der Waals surface area contributed by atoms with Crippen LogP contribution in [0.25, 0.3) is 0 Å². The zero-order valence-electron chi connectivity index (χ0n) is 15.0. The number of benzene rings is 2. The van der Waals surface area contributed by atoms with E-state index in [9.17, 15) is 9.59 Å². The molecule has 0 saturated carbocycles. The molecule has 2 aromatic carbocycles. The van der Waals surface area contributed by atoms with Crippen LogP contribution in [0.2, 0.25) is 5.02 Å². The third-order valence-corrected chi connectivity index (χ3v) is 4.06. The normalized spacial score (nSPS) is 10.3. The van der Waals surface area contributed by atoms with Gasteiger partial charge >= 0.3 is 0 Å². The number of carbonyl (C=O) groups is 2. The summed E-state index contributed by atoms with van der Waals surface area (Å²) in [4.78, 5) is 25.6. The SMILES string of the molecule is CCOc1ccc(N(CCC(=O)NCc2ccc(Cl)cc2)C(C)=O)cc1.